The molecule has 1 heterocycles. The summed E-state index contributed by atoms with van der Waals surface area (Å²) in [5.74, 6) is -3.13. The fourth-order valence-corrected chi connectivity index (χ4v) is 7.09. The molecule has 2 aromatic rings. The second-order valence-corrected chi connectivity index (χ2v) is 14.7. The summed E-state index contributed by atoms with van der Waals surface area (Å²) in [7, 11) is -3.81. The largest absolute Gasteiger partial charge is 0.474 e. The standard InChI is InChI=1S/C30H38N4O6S/c1-5-18-16-30(18,28(37)34-41(38,39)20-10-11-20)33-26(36)23-15-19(14-22(23)24(35)25(31)29(2,3)4)40-27-21-9-7-6-8-17(21)12-13-32-27/h5-9,12-13,18-20,22-23,25H,1,10-11,14-16,31H2,2-4H3,(H,33,36)(H,34,37). The van der Waals surface area contributed by atoms with E-state index >= 15 is 0 Å². The zero-order valence-corrected chi connectivity index (χ0v) is 24.4. The highest BCUT2D eigenvalue weighted by Crippen LogP contribution is 2.46. The molecule has 6 atom stereocenters. The Labute approximate surface area is 240 Å². The van der Waals surface area contributed by atoms with E-state index in [4.69, 9.17) is 10.5 Å². The molecular weight excluding hydrogens is 544 g/mol. The molecule has 220 valence electrons. The van der Waals surface area contributed by atoms with Crippen LogP contribution >= 0.6 is 0 Å². The number of hydrogen-bond acceptors (Lipinski definition) is 8. The number of ketones is 1. The lowest BCUT2D eigenvalue weighted by atomic mass is 9.78. The van der Waals surface area contributed by atoms with Crippen molar-refractivity contribution < 1.29 is 27.5 Å². The normalized spacial score (nSPS) is 28.5. The van der Waals surface area contributed by atoms with Crippen LogP contribution in [0, 0.1) is 23.2 Å². The minimum atomic E-state index is -3.81. The van der Waals surface area contributed by atoms with Gasteiger partial charge in [-0.15, -0.1) is 6.58 Å². The van der Waals surface area contributed by atoms with E-state index in [1.165, 1.54) is 6.08 Å². The number of nitrogens with zero attached hydrogens (tertiary/aromatic N) is 1. The molecule has 5 rings (SSSR count). The van der Waals surface area contributed by atoms with Crippen LogP contribution in [0.2, 0.25) is 0 Å². The Morgan fingerprint density at radius 1 is 1.15 bits per heavy atom. The van der Waals surface area contributed by atoms with Crippen LogP contribution in [0.4, 0.5) is 0 Å². The van der Waals surface area contributed by atoms with Crippen LogP contribution < -0.4 is 20.5 Å². The Hall–Kier alpha value is -3.31. The number of Topliss-reactive ketones (excluding diaryl/α,β-unsaturated/α-hetero) is 1. The third-order valence-electron chi connectivity index (χ3n) is 8.63. The number of fused-ring (bicyclic) bond motifs is 1. The predicted molar refractivity (Wildman–Crippen MR) is 154 cm³/mol. The third kappa shape index (κ3) is 5.74. The molecule has 0 radical (unpaired) electrons. The van der Waals surface area contributed by atoms with E-state index in [1.807, 2.05) is 51.1 Å². The number of amides is 2. The molecule has 6 unspecified atom stereocenters. The van der Waals surface area contributed by atoms with Crippen LogP contribution in [-0.2, 0) is 24.4 Å². The molecule has 4 N–H and O–H groups in total. The molecular formula is C30H38N4O6S. The summed E-state index contributed by atoms with van der Waals surface area (Å²) >= 11 is 0. The van der Waals surface area contributed by atoms with Gasteiger partial charge in [0, 0.05) is 23.4 Å². The zero-order valence-electron chi connectivity index (χ0n) is 23.6. The number of carbonyl (C=O) groups excluding carboxylic acids is 3. The van der Waals surface area contributed by atoms with Gasteiger partial charge in [-0.05, 0) is 55.0 Å². The number of sulfonamides is 1. The Kier molecular flexibility index (Phi) is 7.48. The number of ether oxygens (including phenoxy) is 1. The van der Waals surface area contributed by atoms with Gasteiger partial charge in [0.1, 0.15) is 11.6 Å². The average Bonchev–Trinajstić information content (AvgIpc) is 3.84. The summed E-state index contributed by atoms with van der Waals surface area (Å²) in [6, 6.07) is 8.71. The van der Waals surface area contributed by atoms with Crippen LogP contribution in [0.1, 0.15) is 52.9 Å². The number of hydrogen-bond donors (Lipinski definition) is 3. The third-order valence-corrected chi connectivity index (χ3v) is 10.4. The first-order valence-electron chi connectivity index (χ1n) is 14.1. The Bertz CT molecular complexity index is 1490. The number of rotatable bonds is 10. The Balaban J connectivity index is 1.39. The summed E-state index contributed by atoms with van der Waals surface area (Å²) in [6.07, 6.45) is 4.37. The highest BCUT2D eigenvalue weighted by Gasteiger charge is 2.62. The first-order valence-corrected chi connectivity index (χ1v) is 15.6. The zero-order chi connectivity index (χ0) is 29.7. The molecule has 0 aliphatic heterocycles. The Morgan fingerprint density at radius 2 is 1.83 bits per heavy atom. The first kappa shape index (κ1) is 29.2. The molecule has 3 saturated carbocycles. The average molecular weight is 583 g/mol. The van der Waals surface area contributed by atoms with Gasteiger partial charge in [-0.25, -0.2) is 13.4 Å². The number of pyridine rings is 1. The van der Waals surface area contributed by atoms with Crippen molar-refractivity contribution >= 4 is 38.4 Å². The summed E-state index contributed by atoms with van der Waals surface area (Å²) in [5.41, 5.74) is 4.40. The number of carbonyl (C=O) groups is 3. The first-order chi connectivity index (χ1) is 19.3. The second kappa shape index (κ2) is 10.5. The van der Waals surface area contributed by atoms with Crippen molar-refractivity contribution in [2.75, 3.05) is 0 Å². The van der Waals surface area contributed by atoms with Gasteiger partial charge in [-0.3, -0.25) is 19.1 Å². The Morgan fingerprint density at radius 3 is 2.46 bits per heavy atom. The van der Waals surface area contributed by atoms with Gasteiger partial charge in [0.25, 0.3) is 5.91 Å². The van der Waals surface area contributed by atoms with Crippen LogP contribution in [0.3, 0.4) is 0 Å². The summed E-state index contributed by atoms with van der Waals surface area (Å²) in [6.45, 7) is 9.35. The SMILES string of the molecule is C=CC1CC1(NC(=O)C1CC(Oc2nccc3ccccc23)CC1C(=O)C(N)C(C)(C)C)C(=O)NS(=O)(=O)C1CC1. The molecule has 0 spiro atoms. The molecule has 1 aromatic heterocycles. The van der Waals surface area contributed by atoms with E-state index in [9.17, 15) is 22.8 Å². The van der Waals surface area contributed by atoms with Gasteiger partial charge < -0.3 is 15.8 Å². The molecule has 3 fully saturated rings. The maximum Gasteiger partial charge on any atom is 0.259 e. The van der Waals surface area contributed by atoms with E-state index in [2.05, 4.69) is 21.6 Å². The maximum absolute atomic E-state index is 13.8. The molecule has 41 heavy (non-hydrogen) atoms. The summed E-state index contributed by atoms with van der Waals surface area (Å²) in [5, 5.41) is 4.00. The van der Waals surface area contributed by atoms with Gasteiger partial charge >= 0.3 is 0 Å². The number of aromatic nitrogens is 1. The van der Waals surface area contributed by atoms with Crippen LogP contribution in [0.5, 0.6) is 5.88 Å². The predicted octanol–water partition coefficient (Wildman–Crippen LogP) is 2.62. The number of nitrogens with one attached hydrogen (secondary N) is 2. The van der Waals surface area contributed by atoms with E-state index < -0.39 is 67.9 Å². The van der Waals surface area contributed by atoms with E-state index in [0.717, 1.165) is 10.8 Å². The molecule has 10 nitrogen and oxygen atoms in total. The number of nitrogens with two attached hydrogens (primary N) is 1. The quantitative estimate of drug-likeness (QED) is 0.361. The van der Waals surface area contributed by atoms with Crippen molar-refractivity contribution in [1.82, 2.24) is 15.0 Å². The fraction of sp³-hybridized carbons (Fsp3) is 0.533. The highest BCUT2D eigenvalue weighted by atomic mass is 32.2. The van der Waals surface area contributed by atoms with Crippen LogP contribution in [0.25, 0.3) is 10.8 Å². The number of benzene rings is 1. The lowest BCUT2D eigenvalue weighted by Gasteiger charge is -2.30. The van der Waals surface area contributed by atoms with Crippen molar-refractivity contribution in [1.29, 1.82) is 0 Å². The molecule has 1 aromatic carbocycles. The van der Waals surface area contributed by atoms with Gasteiger partial charge in [0.05, 0.1) is 17.2 Å². The van der Waals surface area contributed by atoms with Crippen molar-refractivity contribution in [2.45, 2.75) is 75.8 Å². The molecule has 0 saturated heterocycles. The van der Waals surface area contributed by atoms with E-state index in [1.54, 1.807) is 6.20 Å². The molecule has 0 bridgehead atoms. The van der Waals surface area contributed by atoms with Crippen LogP contribution in [0.15, 0.2) is 49.2 Å². The lowest BCUT2D eigenvalue weighted by molar-refractivity contribution is -0.136. The van der Waals surface area contributed by atoms with Crippen molar-refractivity contribution in [3.05, 3.63) is 49.2 Å². The molecule has 3 aliphatic carbocycles. The smallest absolute Gasteiger partial charge is 0.259 e. The second-order valence-electron chi connectivity index (χ2n) is 12.7. The summed E-state index contributed by atoms with van der Waals surface area (Å²) in [4.78, 5) is 45.1. The summed E-state index contributed by atoms with van der Waals surface area (Å²) < 4.78 is 33.4. The highest BCUT2D eigenvalue weighted by molar-refractivity contribution is 7.91. The molecule has 3 aliphatic rings. The molecule has 2 amide bonds. The fourth-order valence-electron chi connectivity index (χ4n) is 5.72. The van der Waals surface area contributed by atoms with E-state index in [0.29, 0.717) is 18.7 Å². The van der Waals surface area contributed by atoms with Crippen molar-refractivity contribution in [3.63, 3.8) is 0 Å². The van der Waals surface area contributed by atoms with E-state index in [-0.39, 0.29) is 25.0 Å². The van der Waals surface area contributed by atoms with Crippen LogP contribution in [-0.4, -0.2) is 53.9 Å². The topological polar surface area (TPSA) is 158 Å². The lowest BCUT2D eigenvalue weighted by Crippen LogP contribution is -2.55. The van der Waals surface area contributed by atoms with Gasteiger partial charge in [0.15, 0.2) is 5.78 Å². The monoisotopic (exact) mass is 582 g/mol. The minimum Gasteiger partial charge on any atom is -0.474 e. The van der Waals surface area contributed by atoms with Crippen molar-refractivity contribution in [2.24, 2.45) is 28.9 Å². The van der Waals surface area contributed by atoms with Gasteiger partial charge in [-0.1, -0.05) is 45.0 Å². The molecule has 11 heteroatoms. The minimum absolute atomic E-state index is 0.209. The van der Waals surface area contributed by atoms with Gasteiger partial charge in [-0.2, -0.15) is 0 Å². The van der Waals surface area contributed by atoms with Crippen molar-refractivity contribution in [3.8, 4) is 5.88 Å². The maximum atomic E-state index is 13.8. The van der Waals surface area contributed by atoms with Gasteiger partial charge in [0.2, 0.25) is 21.8 Å².